The standard InChI is InChI=1S/C30H36N6O4S/c1-17-14-21(40-20-8-3-2-4-9-20)10-11-22(17)36-23-12-13-32-29-25(23)26(35-30(36)39)27(41-29)28(38)34-19-7-5-6-18(15-19)33-24(37)16-31/h2-4,8-11,14,18-19,23,25,29,32H,5-7,12-13,15-16,31H2,1H3,(H,33,37)(H,34,38)(H,35,39)/t18-,19-,23?,25?,29?/m0/s1. The summed E-state index contributed by atoms with van der Waals surface area (Å²) in [5, 5.41) is 12.8. The normalized spacial score (nSPS) is 27.1. The number of urea groups is 1. The Morgan fingerprint density at radius 2 is 1.85 bits per heavy atom. The number of para-hydroxylation sites is 1. The molecule has 6 rings (SSSR count). The molecule has 4 amide bonds. The minimum atomic E-state index is -0.225. The van der Waals surface area contributed by atoms with Gasteiger partial charge in [0.2, 0.25) is 5.91 Å². The number of piperidine rings is 1. The van der Waals surface area contributed by atoms with Crippen LogP contribution in [-0.4, -0.2) is 54.4 Å². The van der Waals surface area contributed by atoms with E-state index in [0.29, 0.717) is 22.8 Å². The highest BCUT2D eigenvalue weighted by Crippen LogP contribution is 2.48. The number of benzene rings is 2. The average Bonchev–Trinajstić information content (AvgIpc) is 3.34. The van der Waals surface area contributed by atoms with Crippen LogP contribution in [0, 0.1) is 12.8 Å². The highest BCUT2D eigenvalue weighted by Gasteiger charge is 2.52. The Hall–Kier alpha value is -3.54. The maximum atomic E-state index is 13.6. The van der Waals surface area contributed by atoms with E-state index in [9.17, 15) is 14.4 Å². The molecule has 2 saturated heterocycles. The van der Waals surface area contributed by atoms with E-state index in [4.69, 9.17) is 10.5 Å². The lowest BCUT2D eigenvalue weighted by Gasteiger charge is -2.46. The van der Waals surface area contributed by atoms with E-state index in [2.05, 4.69) is 21.3 Å². The van der Waals surface area contributed by atoms with Crippen LogP contribution >= 0.6 is 11.8 Å². The molecule has 0 aromatic heterocycles. The molecule has 10 nitrogen and oxygen atoms in total. The van der Waals surface area contributed by atoms with Crippen LogP contribution < -0.4 is 36.6 Å². The third-order valence-electron chi connectivity index (χ3n) is 8.31. The van der Waals surface area contributed by atoms with Crippen LogP contribution in [0.1, 0.15) is 37.7 Å². The van der Waals surface area contributed by atoms with Crippen molar-refractivity contribution in [2.75, 3.05) is 18.0 Å². The van der Waals surface area contributed by atoms with E-state index in [1.165, 1.54) is 11.8 Å². The molecule has 5 atom stereocenters. The number of carbonyl (C=O) groups is 3. The number of anilines is 1. The molecule has 4 aliphatic rings. The first-order valence-corrected chi connectivity index (χ1v) is 15.2. The third kappa shape index (κ3) is 5.66. The summed E-state index contributed by atoms with van der Waals surface area (Å²) < 4.78 is 6.00. The zero-order chi connectivity index (χ0) is 28.5. The van der Waals surface area contributed by atoms with Gasteiger partial charge in [0, 0.05) is 29.4 Å². The minimum Gasteiger partial charge on any atom is -0.457 e. The highest BCUT2D eigenvalue weighted by atomic mass is 32.2. The topological polar surface area (TPSA) is 138 Å². The predicted octanol–water partition coefficient (Wildman–Crippen LogP) is 3.08. The molecule has 0 radical (unpaired) electrons. The molecule has 3 fully saturated rings. The van der Waals surface area contributed by atoms with Gasteiger partial charge >= 0.3 is 6.03 Å². The summed E-state index contributed by atoms with van der Waals surface area (Å²) in [4.78, 5) is 41.4. The van der Waals surface area contributed by atoms with Gasteiger partial charge in [-0.2, -0.15) is 0 Å². The zero-order valence-electron chi connectivity index (χ0n) is 23.0. The molecule has 11 heteroatoms. The van der Waals surface area contributed by atoms with Crippen molar-refractivity contribution in [3.05, 3.63) is 64.7 Å². The lowest BCUT2D eigenvalue weighted by molar-refractivity contribution is -0.120. The van der Waals surface area contributed by atoms with E-state index in [1.54, 1.807) is 0 Å². The van der Waals surface area contributed by atoms with E-state index < -0.39 is 0 Å². The van der Waals surface area contributed by atoms with Crippen LogP contribution in [0.3, 0.4) is 0 Å². The Morgan fingerprint density at radius 3 is 2.61 bits per heavy atom. The summed E-state index contributed by atoms with van der Waals surface area (Å²) in [7, 11) is 0. The molecule has 3 aliphatic heterocycles. The second-order valence-electron chi connectivity index (χ2n) is 11.1. The van der Waals surface area contributed by atoms with Gasteiger partial charge in [-0.25, -0.2) is 4.79 Å². The number of nitrogens with two attached hydrogens (primary N) is 1. The smallest absolute Gasteiger partial charge is 0.326 e. The Labute approximate surface area is 243 Å². The second-order valence-corrected chi connectivity index (χ2v) is 12.2. The molecular formula is C30H36N6O4S. The van der Waals surface area contributed by atoms with E-state index >= 15 is 0 Å². The minimum absolute atomic E-state index is 0.00303. The molecule has 2 aromatic rings. The van der Waals surface area contributed by atoms with Gasteiger partial charge in [-0.3, -0.25) is 14.5 Å². The molecule has 0 bridgehead atoms. The van der Waals surface area contributed by atoms with E-state index in [0.717, 1.165) is 49.2 Å². The van der Waals surface area contributed by atoms with Crippen LogP contribution in [0.25, 0.3) is 0 Å². The van der Waals surface area contributed by atoms with Crippen LogP contribution in [0.15, 0.2) is 59.1 Å². The molecule has 1 aliphatic carbocycles. The lowest BCUT2D eigenvalue weighted by atomic mass is 9.86. The molecule has 2 aromatic carbocycles. The number of hydrogen-bond donors (Lipinski definition) is 5. The van der Waals surface area contributed by atoms with Crippen molar-refractivity contribution in [1.82, 2.24) is 21.3 Å². The summed E-state index contributed by atoms with van der Waals surface area (Å²) in [6.45, 7) is 2.70. The van der Waals surface area contributed by atoms with Crippen molar-refractivity contribution >= 4 is 35.3 Å². The molecule has 1 saturated carbocycles. The van der Waals surface area contributed by atoms with Gasteiger partial charge < -0.3 is 31.7 Å². The van der Waals surface area contributed by atoms with Crippen LogP contribution in [0.5, 0.6) is 11.5 Å². The van der Waals surface area contributed by atoms with Gasteiger partial charge in [-0.05, 0) is 81.5 Å². The third-order valence-corrected chi connectivity index (χ3v) is 9.67. The molecule has 216 valence electrons. The summed E-state index contributed by atoms with van der Waals surface area (Å²) in [6, 6.07) is 15.0. The number of aryl methyl sites for hydroxylation is 1. The van der Waals surface area contributed by atoms with Crippen molar-refractivity contribution in [2.24, 2.45) is 11.7 Å². The van der Waals surface area contributed by atoms with Gasteiger partial charge in [-0.15, -0.1) is 0 Å². The van der Waals surface area contributed by atoms with Crippen LogP contribution in [-0.2, 0) is 9.59 Å². The first-order valence-electron chi connectivity index (χ1n) is 14.3. The Balaban J connectivity index is 1.19. The Bertz CT molecular complexity index is 1370. The van der Waals surface area contributed by atoms with E-state index in [-0.39, 0.29) is 53.8 Å². The molecule has 41 heavy (non-hydrogen) atoms. The largest absolute Gasteiger partial charge is 0.457 e. The van der Waals surface area contributed by atoms with Gasteiger partial charge in [0.25, 0.3) is 5.91 Å². The van der Waals surface area contributed by atoms with Crippen molar-refractivity contribution < 1.29 is 19.1 Å². The first-order chi connectivity index (χ1) is 19.9. The second kappa shape index (κ2) is 11.8. The number of amides is 4. The summed E-state index contributed by atoms with van der Waals surface area (Å²) in [5.74, 6) is 1.09. The fourth-order valence-electron chi connectivity index (χ4n) is 6.48. The average molecular weight is 577 g/mol. The SMILES string of the molecule is Cc1cc(Oc2ccccc2)ccc1N1C(=O)NC2=C(C(=O)N[C@H]3CCC[C@H](NC(=O)CN)C3)SC3NCCC1C23. The number of hydrogen-bond acceptors (Lipinski definition) is 7. The van der Waals surface area contributed by atoms with Gasteiger partial charge in [0.15, 0.2) is 0 Å². The monoisotopic (exact) mass is 576 g/mol. The fraction of sp³-hybridized carbons (Fsp3) is 0.433. The molecular weight excluding hydrogens is 540 g/mol. The number of nitrogens with zero attached hydrogens (tertiary/aromatic N) is 1. The molecule has 3 unspecified atom stereocenters. The maximum Gasteiger partial charge on any atom is 0.326 e. The van der Waals surface area contributed by atoms with Crippen LogP contribution in [0.2, 0.25) is 0 Å². The summed E-state index contributed by atoms with van der Waals surface area (Å²) >= 11 is 1.50. The van der Waals surface area contributed by atoms with Gasteiger partial charge in [-0.1, -0.05) is 30.0 Å². The molecule has 3 heterocycles. The number of ether oxygens (including phenoxy) is 1. The first kappa shape index (κ1) is 27.6. The Kier molecular flexibility index (Phi) is 7.92. The van der Waals surface area contributed by atoms with Crippen molar-refractivity contribution in [3.63, 3.8) is 0 Å². The number of rotatable bonds is 7. The van der Waals surface area contributed by atoms with Gasteiger partial charge in [0.05, 0.1) is 22.9 Å². The summed E-state index contributed by atoms with van der Waals surface area (Å²) in [6.07, 6.45) is 4.09. The fourth-order valence-corrected chi connectivity index (χ4v) is 7.88. The van der Waals surface area contributed by atoms with E-state index in [1.807, 2.05) is 60.4 Å². The quantitative estimate of drug-likeness (QED) is 0.342. The number of thioether (sulfide) groups is 1. The highest BCUT2D eigenvalue weighted by molar-refractivity contribution is 8.04. The van der Waals surface area contributed by atoms with Crippen molar-refractivity contribution in [3.8, 4) is 11.5 Å². The van der Waals surface area contributed by atoms with Crippen molar-refractivity contribution in [1.29, 1.82) is 0 Å². The molecule has 0 spiro atoms. The lowest BCUT2D eigenvalue weighted by Crippen LogP contribution is -2.62. The summed E-state index contributed by atoms with van der Waals surface area (Å²) in [5.41, 5.74) is 7.94. The van der Waals surface area contributed by atoms with Crippen LogP contribution in [0.4, 0.5) is 10.5 Å². The van der Waals surface area contributed by atoms with Gasteiger partial charge in [0.1, 0.15) is 11.5 Å². The number of nitrogens with one attached hydrogen (secondary N) is 4. The predicted molar refractivity (Wildman–Crippen MR) is 158 cm³/mol. The Morgan fingerprint density at radius 1 is 1.07 bits per heavy atom. The number of carbonyl (C=O) groups excluding carboxylic acids is 3. The maximum absolute atomic E-state index is 13.6. The molecule has 6 N–H and O–H groups in total. The zero-order valence-corrected chi connectivity index (χ0v) is 23.8. The van der Waals surface area contributed by atoms with Crippen molar-refractivity contribution in [2.45, 2.75) is 62.5 Å².